The number of rotatable bonds is 8. The number of nitrogens with one attached hydrogen (secondary N) is 2. The molecular formula is C20H24N2O3. The molecule has 25 heavy (non-hydrogen) atoms. The number of ether oxygens (including phenoxy) is 1. The second kappa shape index (κ2) is 9.59. The summed E-state index contributed by atoms with van der Waals surface area (Å²) < 4.78 is 5.21. The van der Waals surface area contributed by atoms with Gasteiger partial charge in [-0.25, -0.2) is 0 Å². The zero-order valence-corrected chi connectivity index (χ0v) is 14.6. The van der Waals surface area contributed by atoms with Crippen molar-refractivity contribution in [2.24, 2.45) is 0 Å². The molecule has 0 aliphatic rings. The van der Waals surface area contributed by atoms with Gasteiger partial charge in [-0.1, -0.05) is 60.7 Å². The van der Waals surface area contributed by atoms with Gasteiger partial charge in [-0.15, -0.1) is 0 Å². The lowest BCUT2D eigenvalue weighted by Crippen LogP contribution is -2.34. The molecule has 0 bridgehead atoms. The molecule has 0 spiro atoms. The second-order valence-electron chi connectivity index (χ2n) is 5.89. The molecule has 0 radical (unpaired) electrons. The Balaban J connectivity index is 1.67. The monoisotopic (exact) mass is 340 g/mol. The van der Waals surface area contributed by atoms with Crippen LogP contribution in [-0.4, -0.2) is 25.0 Å². The zero-order chi connectivity index (χ0) is 18.1. The Labute approximate surface area is 148 Å². The molecule has 0 aromatic heterocycles. The van der Waals surface area contributed by atoms with Crippen LogP contribution in [0.2, 0.25) is 0 Å². The summed E-state index contributed by atoms with van der Waals surface area (Å²) in [5, 5.41) is 5.68. The van der Waals surface area contributed by atoms with Crippen molar-refractivity contribution < 1.29 is 14.3 Å². The molecular weight excluding hydrogens is 316 g/mol. The summed E-state index contributed by atoms with van der Waals surface area (Å²) in [5.74, 6) is -0.500. The van der Waals surface area contributed by atoms with Gasteiger partial charge < -0.3 is 15.4 Å². The van der Waals surface area contributed by atoms with Crippen molar-refractivity contribution in [1.29, 1.82) is 0 Å². The van der Waals surface area contributed by atoms with Crippen LogP contribution in [-0.2, 0) is 14.3 Å². The average molecular weight is 340 g/mol. The van der Waals surface area contributed by atoms with Crippen LogP contribution in [0.3, 0.4) is 0 Å². The molecule has 2 aromatic rings. The lowest BCUT2D eigenvalue weighted by Gasteiger charge is -2.15. The summed E-state index contributed by atoms with van der Waals surface area (Å²) in [6.07, 6.45) is 0. The minimum absolute atomic E-state index is 0.107. The Hall–Kier alpha value is -2.66. The van der Waals surface area contributed by atoms with E-state index < -0.39 is 0 Å². The lowest BCUT2D eigenvalue weighted by atomic mass is 10.1. The Morgan fingerprint density at radius 3 is 1.48 bits per heavy atom. The predicted octanol–water partition coefficient (Wildman–Crippen LogP) is 2.76. The van der Waals surface area contributed by atoms with E-state index in [1.54, 1.807) is 0 Å². The third kappa shape index (κ3) is 6.39. The third-order valence-corrected chi connectivity index (χ3v) is 3.82. The van der Waals surface area contributed by atoms with Gasteiger partial charge in [0.05, 0.1) is 12.1 Å². The van der Waals surface area contributed by atoms with E-state index in [-0.39, 0.29) is 37.1 Å². The van der Waals surface area contributed by atoms with Crippen molar-refractivity contribution in [2.45, 2.75) is 25.9 Å². The maximum absolute atomic E-state index is 11.9. The van der Waals surface area contributed by atoms with E-state index in [2.05, 4.69) is 10.6 Å². The lowest BCUT2D eigenvalue weighted by molar-refractivity contribution is -0.131. The van der Waals surface area contributed by atoms with E-state index in [0.717, 1.165) is 11.1 Å². The minimum Gasteiger partial charge on any atom is -0.362 e. The number of carbonyl (C=O) groups is 2. The molecule has 0 saturated heterocycles. The fourth-order valence-corrected chi connectivity index (χ4v) is 2.45. The van der Waals surface area contributed by atoms with Crippen molar-refractivity contribution in [1.82, 2.24) is 10.6 Å². The summed E-state index contributed by atoms with van der Waals surface area (Å²) in [6.45, 7) is 3.51. The molecule has 0 saturated carbocycles. The number of hydrogen-bond donors (Lipinski definition) is 2. The fraction of sp³-hybridized carbons (Fsp3) is 0.300. The molecule has 2 amide bonds. The Kier molecular flexibility index (Phi) is 7.16. The van der Waals surface area contributed by atoms with Gasteiger partial charge >= 0.3 is 0 Å². The third-order valence-electron chi connectivity index (χ3n) is 3.82. The van der Waals surface area contributed by atoms with Crippen molar-refractivity contribution in [2.75, 3.05) is 13.2 Å². The van der Waals surface area contributed by atoms with Gasteiger partial charge in [-0.05, 0) is 25.0 Å². The molecule has 0 aliphatic heterocycles. The molecule has 0 fully saturated rings. The SMILES string of the molecule is C[C@H](NC(=O)COCC(=O)N[C@@H](C)c1ccccc1)c1ccccc1. The van der Waals surface area contributed by atoms with E-state index in [1.807, 2.05) is 74.5 Å². The summed E-state index contributed by atoms with van der Waals surface area (Å²) in [6, 6.07) is 19.1. The van der Waals surface area contributed by atoms with Gasteiger partial charge in [0.15, 0.2) is 0 Å². The summed E-state index contributed by atoms with van der Waals surface area (Å²) in [7, 11) is 0. The molecule has 132 valence electrons. The highest BCUT2D eigenvalue weighted by Gasteiger charge is 2.12. The maximum Gasteiger partial charge on any atom is 0.246 e. The highest BCUT2D eigenvalue weighted by atomic mass is 16.5. The second-order valence-corrected chi connectivity index (χ2v) is 5.89. The molecule has 0 unspecified atom stereocenters. The van der Waals surface area contributed by atoms with Crippen molar-refractivity contribution >= 4 is 11.8 Å². The first-order chi connectivity index (χ1) is 12.1. The minimum atomic E-state index is -0.250. The number of amides is 2. The average Bonchev–Trinajstić information content (AvgIpc) is 2.63. The van der Waals surface area contributed by atoms with Gasteiger partial charge in [0.25, 0.3) is 0 Å². The fourth-order valence-electron chi connectivity index (χ4n) is 2.45. The quantitative estimate of drug-likeness (QED) is 0.776. The van der Waals surface area contributed by atoms with Gasteiger partial charge in [-0.2, -0.15) is 0 Å². The van der Waals surface area contributed by atoms with E-state index in [0.29, 0.717) is 0 Å². The molecule has 5 heteroatoms. The van der Waals surface area contributed by atoms with Crippen LogP contribution in [0.15, 0.2) is 60.7 Å². The van der Waals surface area contributed by atoms with E-state index in [1.165, 1.54) is 0 Å². The summed E-state index contributed by atoms with van der Waals surface area (Å²) >= 11 is 0. The smallest absolute Gasteiger partial charge is 0.246 e. The van der Waals surface area contributed by atoms with Crippen LogP contribution >= 0.6 is 0 Å². The summed E-state index contributed by atoms with van der Waals surface area (Å²) in [4.78, 5) is 23.8. The molecule has 0 aliphatic carbocycles. The first-order valence-electron chi connectivity index (χ1n) is 8.32. The Morgan fingerprint density at radius 1 is 0.760 bits per heavy atom. The Bertz CT molecular complexity index is 614. The van der Waals surface area contributed by atoms with Crippen molar-refractivity contribution in [3.05, 3.63) is 71.8 Å². The molecule has 0 heterocycles. The topological polar surface area (TPSA) is 67.4 Å². The van der Waals surface area contributed by atoms with Crippen LogP contribution < -0.4 is 10.6 Å². The largest absolute Gasteiger partial charge is 0.362 e. The van der Waals surface area contributed by atoms with Crippen LogP contribution in [0.1, 0.15) is 37.1 Å². The van der Waals surface area contributed by atoms with Gasteiger partial charge in [-0.3, -0.25) is 9.59 Å². The van der Waals surface area contributed by atoms with Crippen LogP contribution in [0.25, 0.3) is 0 Å². The first kappa shape index (κ1) is 18.7. The number of hydrogen-bond acceptors (Lipinski definition) is 3. The first-order valence-corrected chi connectivity index (χ1v) is 8.32. The highest BCUT2D eigenvalue weighted by molar-refractivity contribution is 5.80. The molecule has 2 N–H and O–H groups in total. The van der Waals surface area contributed by atoms with E-state index in [4.69, 9.17) is 4.74 Å². The van der Waals surface area contributed by atoms with Gasteiger partial charge in [0.1, 0.15) is 13.2 Å². The predicted molar refractivity (Wildman–Crippen MR) is 96.8 cm³/mol. The molecule has 2 rings (SSSR count). The van der Waals surface area contributed by atoms with Gasteiger partial charge in [0, 0.05) is 0 Å². The van der Waals surface area contributed by atoms with E-state index in [9.17, 15) is 9.59 Å². The van der Waals surface area contributed by atoms with Gasteiger partial charge in [0.2, 0.25) is 11.8 Å². The maximum atomic E-state index is 11.9. The van der Waals surface area contributed by atoms with Crippen molar-refractivity contribution in [3.8, 4) is 0 Å². The standard InChI is InChI=1S/C20H24N2O3/c1-15(17-9-5-3-6-10-17)21-19(23)13-25-14-20(24)22-16(2)18-11-7-4-8-12-18/h3-12,15-16H,13-14H2,1-2H3,(H,21,23)(H,22,24)/t15-,16-/m0/s1. The van der Waals surface area contributed by atoms with Crippen molar-refractivity contribution in [3.63, 3.8) is 0 Å². The number of benzene rings is 2. The molecule has 5 nitrogen and oxygen atoms in total. The van der Waals surface area contributed by atoms with Crippen LogP contribution in [0, 0.1) is 0 Å². The molecule has 2 aromatic carbocycles. The normalized spacial score (nSPS) is 12.9. The Morgan fingerprint density at radius 2 is 1.12 bits per heavy atom. The highest BCUT2D eigenvalue weighted by Crippen LogP contribution is 2.11. The van der Waals surface area contributed by atoms with E-state index >= 15 is 0 Å². The number of carbonyl (C=O) groups excluding carboxylic acids is 2. The van der Waals surface area contributed by atoms with Crippen LogP contribution in [0.5, 0.6) is 0 Å². The van der Waals surface area contributed by atoms with Crippen LogP contribution in [0.4, 0.5) is 0 Å². The zero-order valence-electron chi connectivity index (χ0n) is 14.6. The molecule has 2 atom stereocenters. The summed E-state index contributed by atoms with van der Waals surface area (Å²) in [5.41, 5.74) is 2.04.